The summed E-state index contributed by atoms with van der Waals surface area (Å²) in [5, 5.41) is 0. The Balaban J connectivity index is -0.00000000533. The quantitative estimate of drug-likeness (QED) is 0.532. The standard InChI is InChI=1S/4CH5P.5CH4.FH/c4*1-2;;;;;;/h4*2H2,1H3;5*1H4;1H/i4*1D;;;;;;. The third-order valence-corrected chi connectivity index (χ3v) is 0. The molecule has 0 radical (unpaired) electrons. The summed E-state index contributed by atoms with van der Waals surface area (Å²) in [5.41, 5.74) is 0. The highest BCUT2D eigenvalue weighted by atomic mass is 31.0. The van der Waals surface area contributed by atoms with Crippen molar-refractivity contribution in [2.45, 2.75) is 37.1 Å². The molecule has 0 aromatic rings. The number of hydrogen-bond acceptors (Lipinski definition) is 0. The first-order valence-corrected chi connectivity index (χ1v) is 4.90. The lowest BCUT2D eigenvalue weighted by Crippen LogP contribution is -0.804. The molecule has 0 fully saturated rings. The third kappa shape index (κ3) is 802. The summed E-state index contributed by atoms with van der Waals surface area (Å²) in [7, 11) is 8.98. The summed E-state index contributed by atoms with van der Waals surface area (Å²) in [6.07, 6.45) is 0. The number of halogens is 1. The fourth-order valence-electron chi connectivity index (χ4n) is 0. The van der Waals surface area contributed by atoms with Crippen LogP contribution in [0.25, 0.3) is 0 Å². The Labute approximate surface area is 111 Å². The summed E-state index contributed by atoms with van der Waals surface area (Å²) < 4.78 is 24.7. The zero-order valence-electron chi connectivity index (χ0n) is 9.55. The van der Waals surface area contributed by atoms with Gasteiger partial charge in [-0.1, -0.05) is 63.7 Å². The molecule has 0 rings (SSSR count). The maximum atomic E-state index is 6.17. The van der Waals surface area contributed by atoms with Gasteiger partial charge in [0.25, 0.3) is 0 Å². The SMILES string of the molecule is C.C.C.C.C.F.[2H]CP.[2H]CP.[2H]CP.[2H]CP. The van der Waals surface area contributed by atoms with Crippen molar-refractivity contribution in [2.75, 3.05) is 26.6 Å². The highest BCUT2D eigenvalue weighted by Gasteiger charge is 0.912. The van der Waals surface area contributed by atoms with Crippen molar-refractivity contribution >= 4 is 37.0 Å². The second kappa shape index (κ2) is 1000. The van der Waals surface area contributed by atoms with Crippen molar-refractivity contribution in [3.05, 3.63) is 0 Å². The largest absolute Gasteiger partial charge is 0.269 e. The first-order chi connectivity index (χ1) is 5.66. The molecule has 104 valence electrons. The van der Waals surface area contributed by atoms with E-state index in [-0.39, 0.29) is 41.8 Å². The van der Waals surface area contributed by atoms with Crippen LogP contribution in [0.3, 0.4) is 0 Å². The maximum Gasteiger partial charge on any atom is 0.0274 e. The smallest absolute Gasteiger partial charge is 0.0274 e. The Morgan fingerprint density at radius 1 is 0.571 bits per heavy atom. The molecule has 0 aliphatic heterocycles. The lowest BCUT2D eigenvalue weighted by Gasteiger charge is -1.10. The second-order valence-electron chi connectivity index (χ2n) is 0. The lowest BCUT2D eigenvalue weighted by atomic mass is 12.0. The van der Waals surface area contributed by atoms with Gasteiger partial charge in [-0.25, -0.2) is 0 Å². The van der Waals surface area contributed by atoms with E-state index < -0.39 is 0 Å². The van der Waals surface area contributed by atoms with E-state index in [4.69, 9.17) is 5.48 Å². The van der Waals surface area contributed by atoms with Crippen LogP contribution in [-0.4, -0.2) is 26.6 Å². The van der Waals surface area contributed by atoms with Crippen LogP contribution in [0.2, 0.25) is 0 Å². The van der Waals surface area contributed by atoms with Gasteiger partial charge in [0.2, 0.25) is 0 Å². The fraction of sp³-hybridized carbons (Fsp3) is 1.00. The minimum Gasteiger partial charge on any atom is -0.269 e. The van der Waals surface area contributed by atoms with Gasteiger partial charge in [0, 0.05) is 5.48 Å². The van der Waals surface area contributed by atoms with E-state index in [1.165, 1.54) is 0 Å². The van der Waals surface area contributed by atoms with Crippen molar-refractivity contribution in [3.63, 3.8) is 0 Å². The van der Waals surface area contributed by atoms with Crippen molar-refractivity contribution in [1.29, 1.82) is 0 Å². The molecule has 0 nitrogen and oxygen atoms in total. The molecule has 0 aromatic carbocycles. The van der Waals surface area contributed by atoms with Gasteiger partial charge in [0.1, 0.15) is 0 Å². The van der Waals surface area contributed by atoms with Crippen LogP contribution >= 0.6 is 37.0 Å². The molecule has 0 aliphatic carbocycles. The van der Waals surface area contributed by atoms with Crippen LogP contribution in [0.4, 0.5) is 4.70 Å². The fourth-order valence-corrected chi connectivity index (χ4v) is 0. The minimum absolute atomic E-state index is 0. The first kappa shape index (κ1) is 36.1. The van der Waals surface area contributed by atoms with Crippen molar-refractivity contribution < 1.29 is 10.2 Å². The van der Waals surface area contributed by atoms with E-state index in [1.54, 1.807) is 0 Å². The lowest BCUT2D eigenvalue weighted by molar-refractivity contribution is 1.11. The van der Waals surface area contributed by atoms with Gasteiger partial charge in [-0.05, 0) is 0 Å². The molecule has 0 saturated carbocycles. The number of rotatable bonds is 0. The van der Waals surface area contributed by atoms with Crippen molar-refractivity contribution in [1.82, 2.24) is 0 Å². The zero-order valence-corrected chi connectivity index (χ0v) is 10.2. The predicted molar refractivity (Wildman–Crippen MR) is 98.7 cm³/mol. The molecule has 0 N–H and O–H groups in total. The van der Waals surface area contributed by atoms with Gasteiger partial charge < -0.3 is 0 Å². The van der Waals surface area contributed by atoms with E-state index in [0.717, 1.165) is 0 Å². The van der Waals surface area contributed by atoms with Crippen molar-refractivity contribution in [3.8, 4) is 0 Å². The molecule has 0 spiro atoms. The Hall–Kier alpha value is 1.65. The van der Waals surface area contributed by atoms with Crippen LogP contribution in [0.1, 0.15) is 42.6 Å². The highest BCUT2D eigenvalue weighted by Crippen LogP contribution is 1.47. The van der Waals surface area contributed by atoms with Crippen LogP contribution < -0.4 is 0 Å². The Bertz CT molecular complexity index is 38.5. The van der Waals surface area contributed by atoms with E-state index in [2.05, 4.69) is 37.0 Å². The summed E-state index contributed by atoms with van der Waals surface area (Å²) in [5.74, 6) is 0. The molecule has 4 atom stereocenters. The van der Waals surface area contributed by atoms with Crippen molar-refractivity contribution in [2.24, 2.45) is 0 Å². The first-order valence-electron chi connectivity index (χ1n) is 4.46. The summed E-state index contributed by atoms with van der Waals surface area (Å²) in [4.78, 5) is 0. The van der Waals surface area contributed by atoms with Gasteiger partial charge in [-0.2, -0.15) is 0 Å². The van der Waals surface area contributed by atoms with Gasteiger partial charge in [0.15, 0.2) is 0 Å². The molecule has 0 amide bonds. The molecule has 0 aliphatic rings. The van der Waals surface area contributed by atoms with Gasteiger partial charge in [0.05, 0.1) is 0 Å². The monoisotopic (exact) mass is 296 g/mol. The van der Waals surface area contributed by atoms with Gasteiger partial charge in [-0.15, -0.1) is 37.0 Å². The second-order valence-corrected chi connectivity index (χ2v) is 0. The third-order valence-electron chi connectivity index (χ3n) is 0. The molecule has 0 aromatic heterocycles. The van der Waals surface area contributed by atoms with Crippen LogP contribution in [0.5, 0.6) is 0 Å². The molecule has 0 saturated heterocycles. The maximum absolute atomic E-state index is 6.17. The normalized spacial score (nSPS) is 5.43. The Morgan fingerprint density at radius 3 is 0.571 bits per heavy atom. The average molecular weight is 296 g/mol. The molecular formula is C9H41FP4. The molecule has 4 unspecified atom stereocenters. The summed E-state index contributed by atoms with van der Waals surface area (Å²) in [6.45, 7) is 1.67. The minimum atomic E-state index is 0. The highest BCUT2D eigenvalue weighted by molar-refractivity contribution is 7.15. The van der Waals surface area contributed by atoms with E-state index in [9.17, 15) is 0 Å². The summed E-state index contributed by atoms with van der Waals surface area (Å²) >= 11 is 0. The topological polar surface area (TPSA) is 0 Å². The molecule has 5 heteroatoms. The zero-order chi connectivity index (χ0) is 10.8. The molecular weight excluding hydrogens is 251 g/mol. The Kier molecular flexibility index (Phi) is 2580. The van der Waals surface area contributed by atoms with E-state index >= 15 is 0 Å². The molecule has 0 bridgehead atoms. The van der Waals surface area contributed by atoms with Crippen LogP contribution in [-0.2, 0) is 0 Å². The van der Waals surface area contributed by atoms with Crippen LogP contribution in [0, 0.1) is 0 Å². The van der Waals surface area contributed by atoms with Gasteiger partial charge in [-0.3, -0.25) is 4.70 Å². The molecule has 0 heterocycles. The van der Waals surface area contributed by atoms with Gasteiger partial charge >= 0.3 is 0 Å². The molecule has 14 heavy (non-hydrogen) atoms. The van der Waals surface area contributed by atoms with E-state index in [1.807, 2.05) is 0 Å². The Morgan fingerprint density at radius 2 is 0.571 bits per heavy atom. The predicted octanol–water partition coefficient (Wildman–Crippen LogP) is 5.30. The van der Waals surface area contributed by atoms with E-state index in [0.29, 0.717) is 26.6 Å². The summed E-state index contributed by atoms with van der Waals surface area (Å²) in [6, 6.07) is 0. The number of hydrogen-bond donors (Lipinski definition) is 0. The average Bonchev–Trinajstić information content (AvgIpc) is 1.92. The van der Waals surface area contributed by atoms with Crippen LogP contribution in [0.15, 0.2) is 0 Å².